The van der Waals surface area contributed by atoms with Crippen molar-refractivity contribution in [3.63, 3.8) is 0 Å². The molecule has 10 atom stereocenters. The third-order valence-corrected chi connectivity index (χ3v) is 13.5. The van der Waals surface area contributed by atoms with Crippen molar-refractivity contribution >= 4 is 60.6 Å². The van der Waals surface area contributed by atoms with Gasteiger partial charge in [-0.05, 0) is 69.6 Å². The standard InChI is InChI=1S/C20H28O8.C11H16O7.C10H16O5.C9H14O5.8CH4/c1-3-12(2)16(21)27-19-5-13-4-14(6-19)8-20(7-13,11-19)28-18(23)25-10-15-9-24-17(22)26-15;1-3-7(2)10(13)16-6-9(12)15-4-8-5-17-11(14)18-8;1-3-7(2)9(11)13-5-4-8-6-14-10(12)15-8;1-3-6(2)8(10)12-4-7-5-13-9(11)14-7;;;;;;;;/h12-15H,3-11H2,1-2H3;7-8H,3-6H2,1-2H3;7-8H,3-6H2,1-2H3;6-7H,3-5H2,1-2H3;8*1H4. The molecule has 4 saturated carbocycles. The lowest BCUT2D eigenvalue weighted by atomic mass is 9.52. The van der Waals surface area contributed by atoms with Crippen molar-refractivity contribution in [2.75, 3.05) is 59.5 Å². The first kappa shape index (κ1) is 85.5. The van der Waals surface area contributed by atoms with Crippen LogP contribution in [0.1, 0.15) is 185 Å². The van der Waals surface area contributed by atoms with Crippen LogP contribution in [-0.2, 0) is 95.0 Å². The fourth-order valence-electron chi connectivity index (χ4n) is 8.78. The number of hydrogen-bond donors (Lipinski definition) is 0. The second kappa shape index (κ2) is 41.7. The molecule has 83 heavy (non-hydrogen) atoms. The molecule has 8 fully saturated rings. The van der Waals surface area contributed by atoms with Crippen LogP contribution in [0.15, 0.2) is 0 Å². The zero-order valence-electron chi connectivity index (χ0n) is 44.1. The molecular weight excluding hydrogens is 1100 g/mol. The van der Waals surface area contributed by atoms with Crippen molar-refractivity contribution in [3.05, 3.63) is 0 Å². The van der Waals surface area contributed by atoms with Crippen molar-refractivity contribution < 1.29 is 119 Å². The molecule has 4 bridgehead atoms. The summed E-state index contributed by atoms with van der Waals surface area (Å²) >= 11 is 0. The molecular formula is C58H106O25. The number of ether oxygens (including phenoxy) is 15. The summed E-state index contributed by atoms with van der Waals surface area (Å²) in [5, 5.41) is 0. The number of cyclic esters (lactones) is 8. The minimum Gasteiger partial charge on any atom is -0.465 e. The van der Waals surface area contributed by atoms with Crippen LogP contribution in [0.2, 0.25) is 0 Å². The topological polar surface area (TPSA) is 309 Å². The molecule has 4 aliphatic carbocycles. The van der Waals surface area contributed by atoms with Gasteiger partial charge >= 0.3 is 60.6 Å². The van der Waals surface area contributed by atoms with Gasteiger partial charge in [0, 0.05) is 12.8 Å². The Morgan fingerprint density at radius 2 is 0.783 bits per heavy atom. The normalized spacial score (nSPS) is 25.2. The van der Waals surface area contributed by atoms with Gasteiger partial charge in [0.15, 0.2) is 24.9 Å². The summed E-state index contributed by atoms with van der Waals surface area (Å²) in [6.45, 7) is 15.1. The fourth-order valence-corrected chi connectivity index (χ4v) is 8.78. The minimum absolute atomic E-state index is 0. The van der Waals surface area contributed by atoms with Crippen LogP contribution < -0.4 is 0 Å². The van der Waals surface area contributed by atoms with E-state index in [0.29, 0.717) is 31.1 Å². The van der Waals surface area contributed by atoms with E-state index < -0.39 is 78.8 Å². The number of carbonyl (C=O) groups excluding carboxylic acids is 10. The zero-order chi connectivity index (χ0) is 55.3. The van der Waals surface area contributed by atoms with Gasteiger partial charge in [0.1, 0.15) is 63.6 Å². The summed E-state index contributed by atoms with van der Waals surface area (Å²) in [7, 11) is 0. The van der Waals surface area contributed by atoms with E-state index in [4.69, 9.17) is 42.6 Å². The Hall–Kier alpha value is -6.30. The van der Waals surface area contributed by atoms with Crippen LogP contribution >= 0.6 is 0 Å². The average molecular weight is 1200 g/mol. The Labute approximate surface area is 494 Å². The van der Waals surface area contributed by atoms with Gasteiger partial charge in [-0.1, -0.05) is 115 Å². The predicted octanol–water partition coefficient (Wildman–Crippen LogP) is 11.7. The van der Waals surface area contributed by atoms with Crippen LogP contribution in [0.25, 0.3) is 0 Å². The van der Waals surface area contributed by atoms with Crippen LogP contribution in [0, 0.1) is 35.5 Å². The highest BCUT2D eigenvalue weighted by molar-refractivity contribution is 5.77. The van der Waals surface area contributed by atoms with E-state index in [9.17, 15) is 47.9 Å². The van der Waals surface area contributed by atoms with Gasteiger partial charge in [-0.15, -0.1) is 0 Å². The molecule has 0 spiro atoms. The number of esters is 5. The van der Waals surface area contributed by atoms with Crippen molar-refractivity contribution in [1.82, 2.24) is 0 Å². The SMILES string of the molecule is C.C.C.C.C.C.C.C.CCC(C)C(=O)OC12CC3CC(CC(OC(=O)OCC4COC(=O)O4)(C3)C1)C2.CCC(C)C(=O)OCC(=O)OCC1COC(=O)O1.CCC(C)C(=O)OCC1COC(=O)O1.CCC(C)C(=O)OCCC1COC(=O)O1. The molecule has 8 aliphatic rings. The van der Waals surface area contributed by atoms with E-state index in [1.807, 2.05) is 41.5 Å². The summed E-state index contributed by atoms with van der Waals surface area (Å²) in [5.74, 6) is -1.55. The van der Waals surface area contributed by atoms with Gasteiger partial charge in [-0.3, -0.25) is 19.2 Å². The third kappa shape index (κ3) is 28.7. The number of rotatable bonds is 21. The molecule has 8 rings (SSSR count). The molecule has 25 nitrogen and oxygen atoms in total. The van der Waals surface area contributed by atoms with Crippen LogP contribution in [-0.4, -0.2) is 156 Å². The first-order valence-corrected chi connectivity index (χ1v) is 25.7. The molecule has 4 heterocycles. The second-order valence-electron chi connectivity index (χ2n) is 19.7. The lowest BCUT2D eigenvalue weighted by Gasteiger charge is -2.60. The molecule has 0 aromatic carbocycles. The van der Waals surface area contributed by atoms with Crippen molar-refractivity contribution in [1.29, 1.82) is 0 Å². The molecule has 0 amide bonds. The molecule has 0 aromatic rings. The van der Waals surface area contributed by atoms with E-state index in [-0.39, 0.29) is 160 Å². The smallest absolute Gasteiger partial charge is 0.465 e. The Morgan fingerprint density at radius 3 is 1.17 bits per heavy atom. The molecule has 0 N–H and O–H groups in total. The number of hydrogen-bond acceptors (Lipinski definition) is 25. The van der Waals surface area contributed by atoms with Crippen molar-refractivity contribution in [2.45, 2.75) is 221 Å². The van der Waals surface area contributed by atoms with Crippen molar-refractivity contribution in [3.8, 4) is 0 Å². The highest BCUT2D eigenvalue weighted by Crippen LogP contribution is 2.60. The summed E-state index contributed by atoms with van der Waals surface area (Å²) in [5.41, 5.74) is -1.17. The monoisotopic (exact) mass is 1200 g/mol. The van der Waals surface area contributed by atoms with Crippen LogP contribution in [0.4, 0.5) is 24.0 Å². The van der Waals surface area contributed by atoms with Gasteiger partial charge in [0.2, 0.25) is 0 Å². The average Bonchev–Trinajstić information content (AvgIpc) is 4.21. The highest BCUT2D eigenvalue weighted by Gasteiger charge is 2.62. The van der Waals surface area contributed by atoms with Crippen molar-refractivity contribution in [2.24, 2.45) is 35.5 Å². The third-order valence-electron chi connectivity index (χ3n) is 13.5. The molecule has 0 radical (unpaired) electrons. The molecule has 0 aromatic heterocycles. The molecule has 4 aliphatic heterocycles. The molecule has 10 unspecified atom stereocenters. The Morgan fingerprint density at radius 1 is 0.446 bits per heavy atom. The maximum atomic E-state index is 12.5. The van der Waals surface area contributed by atoms with E-state index >= 15 is 0 Å². The largest absolute Gasteiger partial charge is 0.508 e. The fraction of sp³-hybridized carbons (Fsp3) is 0.828. The molecule has 4 saturated heterocycles. The second-order valence-corrected chi connectivity index (χ2v) is 19.7. The predicted molar refractivity (Wildman–Crippen MR) is 304 cm³/mol. The maximum absolute atomic E-state index is 12.5. The zero-order valence-corrected chi connectivity index (χ0v) is 44.1. The first-order chi connectivity index (χ1) is 35.6. The van der Waals surface area contributed by atoms with Gasteiger partial charge < -0.3 is 71.1 Å². The first-order valence-electron chi connectivity index (χ1n) is 25.7. The van der Waals surface area contributed by atoms with Crippen LogP contribution in [0.5, 0.6) is 0 Å². The quantitative estimate of drug-likeness (QED) is 0.0761. The summed E-state index contributed by atoms with van der Waals surface area (Å²) in [6.07, 6.45) is 2.70. The lowest BCUT2D eigenvalue weighted by molar-refractivity contribution is -0.225. The number of carbonyl (C=O) groups is 10. The van der Waals surface area contributed by atoms with E-state index in [1.54, 1.807) is 13.8 Å². The van der Waals surface area contributed by atoms with E-state index in [2.05, 4.69) is 28.4 Å². The van der Waals surface area contributed by atoms with E-state index in [0.717, 1.165) is 51.4 Å². The van der Waals surface area contributed by atoms with Gasteiger partial charge in [-0.2, -0.15) is 0 Å². The van der Waals surface area contributed by atoms with Gasteiger partial charge in [-0.25, -0.2) is 28.8 Å². The Balaban J connectivity index is -0.000000329. The molecule has 488 valence electrons. The highest BCUT2D eigenvalue weighted by atomic mass is 16.8. The van der Waals surface area contributed by atoms with Gasteiger partial charge in [0.05, 0.1) is 30.3 Å². The summed E-state index contributed by atoms with van der Waals surface area (Å²) in [4.78, 5) is 112. The molecule has 25 heteroatoms. The van der Waals surface area contributed by atoms with E-state index in [1.165, 1.54) is 0 Å². The Kier molecular flexibility index (Phi) is 42.9. The maximum Gasteiger partial charge on any atom is 0.508 e. The Bertz CT molecular complexity index is 1960. The van der Waals surface area contributed by atoms with Crippen LogP contribution in [0.3, 0.4) is 0 Å². The lowest BCUT2D eigenvalue weighted by Crippen LogP contribution is -2.62. The van der Waals surface area contributed by atoms with Gasteiger partial charge in [0.25, 0.3) is 0 Å². The summed E-state index contributed by atoms with van der Waals surface area (Å²) in [6, 6.07) is 0. The summed E-state index contributed by atoms with van der Waals surface area (Å²) < 4.78 is 73.7. The minimum atomic E-state index is -0.778.